The van der Waals surface area contributed by atoms with Gasteiger partial charge in [-0.05, 0) is 45.8 Å². The first-order valence-corrected chi connectivity index (χ1v) is 6.87. The van der Waals surface area contributed by atoms with Crippen molar-refractivity contribution in [2.45, 2.75) is 0 Å². The summed E-state index contributed by atoms with van der Waals surface area (Å²) in [6.45, 7) is 0. The predicted octanol–water partition coefficient (Wildman–Crippen LogP) is 3.73. The van der Waals surface area contributed by atoms with Crippen molar-refractivity contribution in [3.05, 3.63) is 57.8 Å². The predicted molar refractivity (Wildman–Crippen MR) is 85.5 cm³/mol. The third-order valence-electron chi connectivity index (χ3n) is 2.40. The standard InChI is InChI=1S/C14H11BrClN3O/c15-12-7-11(8-18-14(12)16)19-13(20)5-4-9-2-1-3-10(17)6-9/h1-8H,17H2,(H,19,20)/b5-4+. The number of hydrogen-bond acceptors (Lipinski definition) is 3. The van der Waals surface area contributed by atoms with Crippen LogP contribution in [0.4, 0.5) is 11.4 Å². The lowest BCUT2D eigenvalue weighted by Gasteiger charge is -2.03. The van der Waals surface area contributed by atoms with Crippen LogP contribution in [-0.2, 0) is 4.79 Å². The van der Waals surface area contributed by atoms with Crippen LogP contribution in [0.5, 0.6) is 0 Å². The van der Waals surface area contributed by atoms with E-state index in [1.165, 1.54) is 12.3 Å². The lowest BCUT2D eigenvalue weighted by atomic mass is 10.2. The Morgan fingerprint density at radius 3 is 2.90 bits per heavy atom. The van der Waals surface area contributed by atoms with E-state index in [-0.39, 0.29) is 5.91 Å². The summed E-state index contributed by atoms with van der Waals surface area (Å²) >= 11 is 9.02. The molecule has 0 radical (unpaired) electrons. The van der Waals surface area contributed by atoms with E-state index in [1.807, 2.05) is 12.1 Å². The Labute approximate surface area is 129 Å². The fourth-order valence-electron chi connectivity index (χ4n) is 1.51. The average Bonchev–Trinajstić information content (AvgIpc) is 2.41. The molecule has 0 saturated heterocycles. The molecule has 1 aromatic carbocycles. The van der Waals surface area contributed by atoms with E-state index in [9.17, 15) is 4.79 Å². The van der Waals surface area contributed by atoms with E-state index in [0.717, 1.165) is 5.56 Å². The van der Waals surface area contributed by atoms with Gasteiger partial charge in [0, 0.05) is 11.8 Å². The Hall–Kier alpha value is -1.85. The second-order valence-electron chi connectivity index (χ2n) is 3.99. The number of nitrogens with two attached hydrogens (primary N) is 1. The molecule has 0 aliphatic carbocycles. The number of nitrogens with zero attached hydrogens (tertiary/aromatic N) is 1. The number of amides is 1. The number of benzene rings is 1. The second kappa shape index (κ2) is 6.54. The maximum Gasteiger partial charge on any atom is 0.248 e. The van der Waals surface area contributed by atoms with Crippen molar-refractivity contribution in [3.63, 3.8) is 0 Å². The number of carbonyl (C=O) groups excluding carboxylic acids is 1. The van der Waals surface area contributed by atoms with Crippen molar-refractivity contribution in [3.8, 4) is 0 Å². The van der Waals surface area contributed by atoms with E-state index in [0.29, 0.717) is 21.0 Å². The summed E-state index contributed by atoms with van der Waals surface area (Å²) in [5.74, 6) is -0.261. The first-order chi connectivity index (χ1) is 9.54. The highest BCUT2D eigenvalue weighted by Crippen LogP contribution is 2.22. The maximum atomic E-state index is 11.8. The molecule has 102 valence electrons. The second-order valence-corrected chi connectivity index (χ2v) is 5.20. The molecule has 0 spiro atoms. The van der Waals surface area contributed by atoms with Gasteiger partial charge in [-0.25, -0.2) is 4.98 Å². The molecule has 0 aliphatic heterocycles. The number of rotatable bonds is 3. The molecule has 0 bridgehead atoms. The molecule has 6 heteroatoms. The first kappa shape index (κ1) is 14.6. The van der Waals surface area contributed by atoms with E-state index in [4.69, 9.17) is 17.3 Å². The van der Waals surface area contributed by atoms with Crippen molar-refractivity contribution in [1.29, 1.82) is 0 Å². The molecule has 20 heavy (non-hydrogen) atoms. The van der Waals surface area contributed by atoms with E-state index in [2.05, 4.69) is 26.2 Å². The number of halogens is 2. The molecule has 2 rings (SSSR count). The molecule has 4 nitrogen and oxygen atoms in total. The monoisotopic (exact) mass is 351 g/mol. The van der Waals surface area contributed by atoms with Crippen molar-refractivity contribution in [1.82, 2.24) is 4.98 Å². The van der Waals surface area contributed by atoms with Crippen LogP contribution in [0, 0.1) is 0 Å². The number of carbonyl (C=O) groups is 1. The zero-order valence-corrected chi connectivity index (χ0v) is 12.6. The minimum atomic E-state index is -0.261. The van der Waals surface area contributed by atoms with Gasteiger partial charge in [0.15, 0.2) is 0 Å². The molecular weight excluding hydrogens is 342 g/mol. The van der Waals surface area contributed by atoms with Gasteiger partial charge in [-0.1, -0.05) is 23.7 Å². The van der Waals surface area contributed by atoms with Crippen LogP contribution in [0.3, 0.4) is 0 Å². The summed E-state index contributed by atoms with van der Waals surface area (Å²) in [6, 6.07) is 8.94. The Balaban J connectivity index is 2.03. The fraction of sp³-hybridized carbons (Fsp3) is 0. The topological polar surface area (TPSA) is 68.0 Å². The van der Waals surface area contributed by atoms with Gasteiger partial charge >= 0.3 is 0 Å². The van der Waals surface area contributed by atoms with Gasteiger partial charge < -0.3 is 11.1 Å². The zero-order chi connectivity index (χ0) is 14.5. The van der Waals surface area contributed by atoms with E-state index >= 15 is 0 Å². The molecular formula is C14H11BrClN3O. The lowest BCUT2D eigenvalue weighted by Crippen LogP contribution is -2.08. The number of nitrogen functional groups attached to an aromatic ring is 1. The SMILES string of the molecule is Nc1cccc(/C=C/C(=O)Nc2cnc(Cl)c(Br)c2)c1. The normalized spacial score (nSPS) is 10.7. The van der Waals surface area contributed by atoms with Gasteiger partial charge in [0.2, 0.25) is 5.91 Å². The Bertz CT molecular complexity index is 673. The summed E-state index contributed by atoms with van der Waals surface area (Å²) < 4.78 is 0.622. The maximum absolute atomic E-state index is 11.8. The summed E-state index contributed by atoms with van der Waals surface area (Å²) in [7, 11) is 0. The Morgan fingerprint density at radius 1 is 1.40 bits per heavy atom. The van der Waals surface area contributed by atoms with Crippen molar-refractivity contribution >= 4 is 50.9 Å². The highest BCUT2D eigenvalue weighted by molar-refractivity contribution is 9.10. The molecule has 3 N–H and O–H groups in total. The summed E-state index contributed by atoms with van der Waals surface area (Å²) in [5.41, 5.74) is 7.73. The smallest absolute Gasteiger partial charge is 0.248 e. The molecule has 0 fully saturated rings. The van der Waals surface area contributed by atoms with Crippen LogP contribution >= 0.6 is 27.5 Å². The van der Waals surface area contributed by atoms with Gasteiger partial charge in [0.25, 0.3) is 0 Å². The minimum Gasteiger partial charge on any atom is -0.399 e. The molecule has 1 amide bonds. The van der Waals surface area contributed by atoms with Crippen LogP contribution in [0.15, 0.2) is 47.1 Å². The fourth-order valence-corrected chi connectivity index (χ4v) is 1.96. The molecule has 1 aromatic heterocycles. The Morgan fingerprint density at radius 2 is 2.20 bits per heavy atom. The number of anilines is 2. The summed E-state index contributed by atoms with van der Waals surface area (Å²) in [4.78, 5) is 15.7. The van der Waals surface area contributed by atoms with Gasteiger partial charge in [-0.2, -0.15) is 0 Å². The quantitative estimate of drug-likeness (QED) is 0.502. The minimum absolute atomic E-state index is 0.261. The van der Waals surface area contributed by atoms with Gasteiger partial charge in [0.05, 0.1) is 16.4 Å². The molecule has 0 unspecified atom stereocenters. The highest BCUT2D eigenvalue weighted by Gasteiger charge is 2.02. The molecule has 0 atom stereocenters. The van der Waals surface area contributed by atoms with Crippen molar-refractivity contribution in [2.75, 3.05) is 11.1 Å². The number of aromatic nitrogens is 1. The number of hydrogen-bond donors (Lipinski definition) is 2. The summed E-state index contributed by atoms with van der Waals surface area (Å²) in [5, 5.41) is 3.03. The van der Waals surface area contributed by atoms with Gasteiger partial charge in [-0.3, -0.25) is 4.79 Å². The van der Waals surface area contributed by atoms with Crippen LogP contribution in [0.25, 0.3) is 6.08 Å². The van der Waals surface area contributed by atoms with Crippen LogP contribution in [0.2, 0.25) is 5.15 Å². The van der Waals surface area contributed by atoms with Gasteiger partial charge in [-0.15, -0.1) is 0 Å². The van der Waals surface area contributed by atoms with Crippen molar-refractivity contribution in [2.24, 2.45) is 0 Å². The summed E-state index contributed by atoms with van der Waals surface area (Å²) in [6.07, 6.45) is 4.60. The first-order valence-electron chi connectivity index (χ1n) is 5.70. The van der Waals surface area contributed by atoms with E-state index in [1.54, 1.807) is 24.3 Å². The lowest BCUT2D eigenvalue weighted by molar-refractivity contribution is -0.111. The number of nitrogens with one attached hydrogen (secondary N) is 1. The Kier molecular flexibility index (Phi) is 4.76. The molecule has 1 heterocycles. The molecule has 2 aromatic rings. The van der Waals surface area contributed by atoms with Gasteiger partial charge in [0.1, 0.15) is 5.15 Å². The van der Waals surface area contributed by atoms with E-state index < -0.39 is 0 Å². The average molecular weight is 353 g/mol. The molecule has 0 aliphatic rings. The third kappa shape index (κ3) is 4.08. The van der Waals surface area contributed by atoms with Crippen LogP contribution < -0.4 is 11.1 Å². The third-order valence-corrected chi connectivity index (χ3v) is 3.54. The largest absolute Gasteiger partial charge is 0.399 e. The highest BCUT2D eigenvalue weighted by atomic mass is 79.9. The zero-order valence-electron chi connectivity index (χ0n) is 10.3. The van der Waals surface area contributed by atoms with Crippen LogP contribution in [0.1, 0.15) is 5.56 Å². The van der Waals surface area contributed by atoms with Crippen LogP contribution in [-0.4, -0.2) is 10.9 Å². The molecule has 0 saturated carbocycles. The number of pyridine rings is 1. The van der Waals surface area contributed by atoms with Crippen molar-refractivity contribution < 1.29 is 4.79 Å².